The van der Waals surface area contributed by atoms with Crippen molar-refractivity contribution in [3.63, 3.8) is 0 Å². The third kappa shape index (κ3) is 4.89. The molecule has 0 radical (unpaired) electrons. The molecule has 37 heavy (non-hydrogen) atoms. The van der Waals surface area contributed by atoms with E-state index in [0.29, 0.717) is 41.8 Å². The van der Waals surface area contributed by atoms with Gasteiger partial charge in [-0.05, 0) is 37.6 Å². The van der Waals surface area contributed by atoms with E-state index < -0.39 is 6.03 Å². The predicted molar refractivity (Wildman–Crippen MR) is 144 cm³/mol. The van der Waals surface area contributed by atoms with Crippen LogP contribution in [-0.4, -0.2) is 43.5 Å². The second-order valence-electron chi connectivity index (χ2n) is 8.59. The number of imidazole rings is 1. The summed E-state index contributed by atoms with van der Waals surface area (Å²) in [5, 5.41) is 19.7. The van der Waals surface area contributed by atoms with Gasteiger partial charge in [0.15, 0.2) is 0 Å². The van der Waals surface area contributed by atoms with Crippen LogP contribution >= 0.6 is 0 Å². The predicted octanol–water partition coefficient (Wildman–Crippen LogP) is 5.21. The summed E-state index contributed by atoms with van der Waals surface area (Å²) in [5.41, 5.74) is 4.78. The van der Waals surface area contributed by atoms with Gasteiger partial charge in [-0.25, -0.2) is 14.5 Å². The number of anilines is 2. The molecule has 0 aliphatic carbocycles. The Hall–Kier alpha value is -4.63. The van der Waals surface area contributed by atoms with Gasteiger partial charge in [0.25, 0.3) is 0 Å². The van der Waals surface area contributed by atoms with Crippen molar-refractivity contribution < 1.29 is 14.6 Å². The average molecular weight is 497 g/mol. The van der Waals surface area contributed by atoms with Gasteiger partial charge < -0.3 is 9.84 Å². The zero-order chi connectivity index (χ0) is 25.8. The highest BCUT2D eigenvalue weighted by Crippen LogP contribution is 2.31. The van der Waals surface area contributed by atoms with Gasteiger partial charge in [0.2, 0.25) is 5.88 Å². The summed E-state index contributed by atoms with van der Waals surface area (Å²) in [6, 6.07) is 22.7. The number of nitrogens with zero attached hydrogens (tertiary/aromatic N) is 4. The van der Waals surface area contributed by atoms with Crippen LogP contribution in [0, 0.1) is 13.8 Å². The number of urea groups is 1. The van der Waals surface area contributed by atoms with Crippen LogP contribution in [0.25, 0.3) is 22.6 Å². The number of hydrogen-bond donors (Lipinski definition) is 3. The first-order valence-electron chi connectivity index (χ1n) is 12.1. The number of aliphatic hydroxyl groups excluding tert-OH is 1. The van der Waals surface area contributed by atoms with Crippen molar-refractivity contribution in [1.29, 1.82) is 0 Å². The van der Waals surface area contributed by atoms with E-state index >= 15 is 0 Å². The SMILES string of the molecule is Cc1c(OCCCO)nn(-c2ccccc2)c1NC(=O)Nc1c(-c2ccccc2)nc2c(C)cccn12. The van der Waals surface area contributed by atoms with E-state index in [1.54, 1.807) is 4.68 Å². The first-order valence-corrected chi connectivity index (χ1v) is 12.1. The summed E-state index contributed by atoms with van der Waals surface area (Å²) in [7, 11) is 0. The first-order chi connectivity index (χ1) is 18.1. The van der Waals surface area contributed by atoms with Gasteiger partial charge in [-0.3, -0.25) is 15.0 Å². The van der Waals surface area contributed by atoms with E-state index in [2.05, 4.69) is 15.7 Å². The lowest BCUT2D eigenvalue weighted by Crippen LogP contribution is -2.23. The van der Waals surface area contributed by atoms with E-state index in [-0.39, 0.29) is 6.61 Å². The second kappa shape index (κ2) is 10.5. The Morgan fingerprint density at radius 3 is 2.38 bits per heavy atom. The van der Waals surface area contributed by atoms with E-state index in [9.17, 15) is 4.79 Å². The zero-order valence-corrected chi connectivity index (χ0v) is 20.7. The van der Waals surface area contributed by atoms with Gasteiger partial charge in [0.1, 0.15) is 23.0 Å². The van der Waals surface area contributed by atoms with Gasteiger partial charge in [0, 0.05) is 24.8 Å². The molecule has 0 aliphatic heterocycles. The Balaban J connectivity index is 1.50. The number of benzene rings is 2. The normalized spacial score (nSPS) is 11.0. The third-order valence-corrected chi connectivity index (χ3v) is 5.98. The van der Waals surface area contributed by atoms with E-state index in [0.717, 1.165) is 22.5 Å². The number of carbonyl (C=O) groups is 1. The lowest BCUT2D eigenvalue weighted by molar-refractivity contribution is 0.228. The van der Waals surface area contributed by atoms with Gasteiger partial charge in [-0.2, -0.15) is 0 Å². The van der Waals surface area contributed by atoms with Crippen molar-refractivity contribution in [2.75, 3.05) is 23.8 Å². The molecule has 0 atom stereocenters. The quantitative estimate of drug-likeness (QED) is 0.256. The van der Waals surface area contributed by atoms with Crippen molar-refractivity contribution in [2.45, 2.75) is 20.3 Å². The molecule has 9 heteroatoms. The van der Waals surface area contributed by atoms with Gasteiger partial charge in [-0.15, -0.1) is 5.10 Å². The summed E-state index contributed by atoms with van der Waals surface area (Å²) in [5.74, 6) is 1.43. The van der Waals surface area contributed by atoms with Crippen LogP contribution in [-0.2, 0) is 0 Å². The Morgan fingerprint density at radius 2 is 1.65 bits per heavy atom. The summed E-state index contributed by atoms with van der Waals surface area (Å²) >= 11 is 0. The molecule has 5 rings (SSSR count). The molecule has 2 aromatic carbocycles. The Labute approximate surface area is 214 Å². The van der Waals surface area contributed by atoms with Crippen molar-refractivity contribution in [1.82, 2.24) is 19.2 Å². The lowest BCUT2D eigenvalue weighted by atomic mass is 10.1. The van der Waals surface area contributed by atoms with Crippen molar-refractivity contribution in [3.05, 3.63) is 90.1 Å². The maximum absolute atomic E-state index is 13.4. The maximum atomic E-state index is 13.4. The van der Waals surface area contributed by atoms with E-state index in [4.69, 9.17) is 14.8 Å². The monoisotopic (exact) mass is 496 g/mol. The number of aliphatic hydroxyl groups is 1. The second-order valence-corrected chi connectivity index (χ2v) is 8.59. The van der Waals surface area contributed by atoms with Crippen molar-refractivity contribution in [2.24, 2.45) is 0 Å². The molecule has 0 saturated heterocycles. The molecule has 5 aromatic rings. The Kier molecular flexibility index (Phi) is 6.87. The number of aromatic nitrogens is 4. The number of pyridine rings is 1. The smallest absolute Gasteiger partial charge is 0.326 e. The summed E-state index contributed by atoms with van der Waals surface area (Å²) in [4.78, 5) is 18.3. The number of amides is 2. The highest BCUT2D eigenvalue weighted by Gasteiger charge is 2.22. The summed E-state index contributed by atoms with van der Waals surface area (Å²) in [6.45, 7) is 4.16. The Bertz CT molecular complexity index is 1530. The fourth-order valence-electron chi connectivity index (χ4n) is 4.12. The van der Waals surface area contributed by atoms with E-state index in [1.807, 2.05) is 97.2 Å². The minimum Gasteiger partial charge on any atom is -0.476 e. The van der Waals surface area contributed by atoms with Crippen LogP contribution in [0.5, 0.6) is 5.88 Å². The van der Waals surface area contributed by atoms with Crippen LogP contribution < -0.4 is 15.4 Å². The van der Waals surface area contributed by atoms with Gasteiger partial charge in [-0.1, -0.05) is 54.6 Å². The molecule has 0 saturated carbocycles. The van der Waals surface area contributed by atoms with Crippen LogP contribution in [0.3, 0.4) is 0 Å². The number of aryl methyl sites for hydroxylation is 1. The topological polar surface area (TPSA) is 106 Å². The molecule has 3 heterocycles. The average Bonchev–Trinajstić information content (AvgIpc) is 3.44. The maximum Gasteiger partial charge on any atom is 0.326 e. The van der Waals surface area contributed by atoms with Crippen molar-refractivity contribution >= 4 is 23.3 Å². The van der Waals surface area contributed by atoms with E-state index in [1.165, 1.54) is 0 Å². The molecule has 0 unspecified atom stereocenters. The molecular formula is C28H28N6O3. The fraction of sp³-hybridized carbons (Fsp3) is 0.179. The number of hydrogen-bond acceptors (Lipinski definition) is 5. The molecule has 0 fully saturated rings. The molecule has 3 N–H and O–H groups in total. The number of para-hydroxylation sites is 1. The number of fused-ring (bicyclic) bond motifs is 1. The molecule has 0 spiro atoms. The highest BCUT2D eigenvalue weighted by molar-refractivity contribution is 6.02. The largest absolute Gasteiger partial charge is 0.476 e. The zero-order valence-electron chi connectivity index (χ0n) is 20.7. The molecule has 2 amide bonds. The minimum atomic E-state index is -0.442. The van der Waals surface area contributed by atoms with Gasteiger partial charge in [0.05, 0.1) is 17.9 Å². The van der Waals surface area contributed by atoms with Crippen LogP contribution in [0.4, 0.5) is 16.4 Å². The number of rotatable bonds is 8. The fourth-order valence-corrected chi connectivity index (χ4v) is 4.12. The van der Waals surface area contributed by atoms with Crippen LogP contribution in [0.2, 0.25) is 0 Å². The molecule has 9 nitrogen and oxygen atoms in total. The van der Waals surface area contributed by atoms with Crippen LogP contribution in [0.1, 0.15) is 17.5 Å². The molecule has 0 aliphatic rings. The highest BCUT2D eigenvalue weighted by atomic mass is 16.5. The van der Waals surface area contributed by atoms with Crippen molar-refractivity contribution in [3.8, 4) is 22.8 Å². The third-order valence-electron chi connectivity index (χ3n) is 5.98. The molecule has 0 bridgehead atoms. The number of nitrogens with one attached hydrogen (secondary N) is 2. The first kappa shape index (κ1) is 24.1. The van der Waals surface area contributed by atoms with Gasteiger partial charge >= 0.3 is 6.03 Å². The number of carbonyl (C=O) groups excluding carboxylic acids is 1. The Morgan fingerprint density at radius 1 is 0.946 bits per heavy atom. The molecule has 188 valence electrons. The molecular weight excluding hydrogens is 468 g/mol. The lowest BCUT2D eigenvalue weighted by Gasteiger charge is -2.12. The molecule has 3 aromatic heterocycles. The standard InChI is InChI=1S/C28H28N6O3/c1-19-11-9-16-33-24(19)29-23(21-12-5-3-6-13-21)26(33)31-28(36)30-25-20(2)27(37-18-10-17-35)32-34(25)22-14-7-4-8-15-22/h3-9,11-16,35H,10,17-18H2,1-2H3,(H2,30,31,36). The van der Waals surface area contributed by atoms with Crippen LogP contribution in [0.15, 0.2) is 79.0 Å². The number of ether oxygens (including phenoxy) is 1. The minimum absolute atomic E-state index is 0.0223. The summed E-state index contributed by atoms with van der Waals surface area (Å²) < 4.78 is 9.29. The summed E-state index contributed by atoms with van der Waals surface area (Å²) in [6.07, 6.45) is 2.36.